The van der Waals surface area contributed by atoms with Crippen molar-refractivity contribution in [3.05, 3.63) is 29.8 Å². The molecule has 1 N–H and O–H groups in total. The van der Waals surface area contributed by atoms with E-state index in [-0.39, 0.29) is 5.56 Å². The van der Waals surface area contributed by atoms with Gasteiger partial charge in [0.1, 0.15) is 0 Å². The van der Waals surface area contributed by atoms with Crippen LogP contribution in [-0.4, -0.2) is 13.2 Å². The first-order valence-corrected chi connectivity index (χ1v) is 3.93. The van der Waals surface area contributed by atoms with Crippen molar-refractivity contribution < 1.29 is 17.6 Å². The highest BCUT2D eigenvalue weighted by Crippen LogP contribution is 2.36. The average molecular weight is 207 g/mol. The molecule has 0 aliphatic carbocycles. The van der Waals surface area contributed by atoms with Gasteiger partial charge in [-0.05, 0) is 17.7 Å². The second-order valence-electron chi connectivity index (χ2n) is 2.78. The zero-order valence-corrected chi connectivity index (χ0v) is 7.40. The molecular formula is C9H9F4N. The number of hydrogen-bond acceptors (Lipinski definition) is 1. The van der Waals surface area contributed by atoms with E-state index in [0.717, 1.165) is 12.1 Å². The number of alkyl halides is 4. The largest absolute Gasteiger partial charge is 0.423 e. The number of nitrogens with one attached hydrogen (secondary N) is 1. The lowest BCUT2D eigenvalue weighted by Crippen LogP contribution is -2.16. The minimum atomic E-state index is -4.84. The Labute approximate surface area is 78.7 Å². The SMILES string of the molecule is CNc1cccc(C(F)C(F)(F)F)c1. The second-order valence-corrected chi connectivity index (χ2v) is 2.78. The highest BCUT2D eigenvalue weighted by Gasteiger charge is 2.41. The van der Waals surface area contributed by atoms with E-state index in [9.17, 15) is 17.6 Å². The maximum atomic E-state index is 12.8. The lowest BCUT2D eigenvalue weighted by Gasteiger charge is -2.13. The van der Waals surface area contributed by atoms with E-state index in [1.165, 1.54) is 6.07 Å². The quantitative estimate of drug-likeness (QED) is 0.733. The van der Waals surface area contributed by atoms with Gasteiger partial charge in [0.15, 0.2) is 0 Å². The topological polar surface area (TPSA) is 12.0 Å². The molecular weight excluding hydrogens is 198 g/mol. The first-order chi connectivity index (χ1) is 6.45. The summed E-state index contributed by atoms with van der Waals surface area (Å²) in [6, 6.07) is 5.18. The smallest absolute Gasteiger partial charge is 0.388 e. The summed E-state index contributed by atoms with van der Waals surface area (Å²) in [4.78, 5) is 0. The summed E-state index contributed by atoms with van der Waals surface area (Å²) in [7, 11) is 1.56. The van der Waals surface area contributed by atoms with Crippen LogP contribution in [0.25, 0.3) is 0 Å². The summed E-state index contributed by atoms with van der Waals surface area (Å²) in [5.41, 5.74) is 0.0683. The Hall–Kier alpha value is -1.26. The van der Waals surface area contributed by atoms with E-state index in [4.69, 9.17) is 0 Å². The molecule has 0 heterocycles. The fourth-order valence-electron chi connectivity index (χ4n) is 1.04. The fourth-order valence-corrected chi connectivity index (χ4v) is 1.04. The Bertz CT molecular complexity index is 308. The first-order valence-electron chi connectivity index (χ1n) is 3.93. The van der Waals surface area contributed by atoms with Crippen molar-refractivity contribution in [1.29, 1.82) is 0 Å². The summed E-state index contributed by atoms with van der Waals surface area (Å²) < 4.78 is 48.7. The molecule has 1 unspecified atom stereocenters. The number of anilines is 1. The summed E-state index contributed by atoms with van der Waals surface area (Å²) >= 11 is 0. The molecule has 0 fully saturated rings. The van der Waals surface area contributed by atoms with Gasteiger partial charge in [0.25, 0.3) is 0 Å². The number of hydrogen-bond donors (Lipinski definition) is 1. The molecule has 0 saturated carbocycles. The van der Waals surface area contributed by atoms with E-state index in [2.05, 4.69) is 5.32 Å². The van der Waals surface area contributed by atoms with E-state index < -0.39 is 12.3 Å². The van der Waals surface area contributed by atoms with Crippen LogP contribution in [0, 0.1) is 0 Å². The molecule has 78 valence electrons. The van der Waals surface area contributed by atoms with Crippen molar-refractivity contribution in [3.63, 3.8) is 0 Å². The third-order valence-electron chi connectivity index (χ3n) is 1.76. The van der Waals surface area contributed by atoms with E-state index in [1.54, 1.807) is 13.1 Å². The lowest BCUT2D eigenvalue weighted by molar-refractivity contribution is -0.182. The average Bonchev–Trinajstić information content (AvgIpc) is 2.15. The molecule has 1 aromatic carbocycles. The van der Waals surface area contributed by atoms with Crippen LogP contribution >= 0.6 is 0 Å². The van der Waals surface area contributed by atoms with Crippen molar-refractivity contribution >= 4 is 5.69 Å². The zero-order chi connectivity index (χ0) is 10.8. The molecule has 0 aliphatic heterocycles. The van der Waals surface area contributed by atoms with Crippen LogP contribution in [0.15, 0.2) is 24.3 Å². The molecule has 14 heavy (non-hydrogen) atoms. The highest BCUT2D eigenvalue weighted by atomic mass is 19.4. The van der Waals surface area contributed by atoms with Gasteiger partial charge in [-0.2, -0.15) is 13.2 Å². The molecule has 0 amide bonds. The van der Waals surface area contributed by atoms with Crippen molar-refractivity contribution in [2.75, 3.05) is 12.4 Å². The van der Waals surface area contributed by atoms with Gasteiger partial charge in [-0.1, -0.05) is 12.1 Å². The molecule has 0 radical (unpaired) electrons. The molecule has 1 rings (SSSR count). The van der Waals surface area contributed by atoms with Gasteiger partial charge in [-0.25, -0.2) is 4.39 Å². The Morgan fingerprint density at radius 1 is 1.29 bits per heavy atom. The molecule has 0 bridgehead atoms. The maximum absolute atomic E-state index is 12.8. The number of halogens is 4. The second kappa shape index (κ2) is 3.86. The maximum Gasteiger partial charge on any atom is 0.423 e. The Morgan fingerprint density at radius 2 is 1.93 bits per heavy atom. The highest BCUT2D eigenvalue weighted by molar-refractivity contribution is 5.45. The van der Waals surface area contributed by atoms with Crippen molar-refractivity contribution in [1.82, 2.24) is 0 Å². The molecule has 1 atom stereocenters. The summed E-state index contributed by atoms with van der Waals surface area (Å²) in [6.07, 6.45) is -7.76. The molecule has 0 aliphatic rings. The summed E-state index contributed by atoms with van der Waals surface area (Å²) in [6.45, 7) is 0. The van der Waals surface area contributed by atoms with Crippen LogP contribution in [0.4, 0.5) is 23.2 Å². The van der Waals surface area contributed by atoms with Gasteiger partial charge in [0, 0.05) is 12.7 Å². The standard InChI is InChI=1S/C9H9F4N/c1-14-7-4-2-3-6(5-7)8(10)9(11,12)13/h2-5,8,14H,1H3. The van der Waals surface area contributed by atoms with Gasteiger partial charge in [0.2, 0.25) is 6.17 Å². The van der Waals surface area contributed by atoms with Crippen molar-refractivity contribution in [2.45, 2.75) is 12.3 Å². The van der Waals surface area contributed by atoms with Crippen LogP contribution in [0.3, 0.4) is 0 Å². The van der Waals surface area contributed by atoms with Crippen LogP contribution in [0.1, 0.15) is 11.7 Å². The number of rotatable bonds is 2. The Balaban J connectivity index is 2.95. The first kappa shape index (κ1) is 10.8. The van der Waals surface area contributed by atoms with Crippen molar-refractivity contribution in [3.8, 4) is 0 Å². The minimum absolute atomic E-state index is 0.385. The zero-order valence-electron chi connectivity index (χ0n) is 7.40. The Kier molecular flexibility index (Phi) is 2.98. The van der Waals surface area contributed by atoms with Gasteiger partial charge in [-0.15, -0.1) is 0 Å². The molecule has 1 nitrogen and oxygen atoms in total. The molecule has 1 aromatic rings. The van der Waals surface area contributed by atoms with Crippen LogP contribution < -0.4 is 5.32 Å². The van der Waals surface area contributed by atoms with Crippen LogP contribution in [-0.2, 0) is 0 Å². The predicted molar refractivity (Wildman–Crippen MR) is 45.9 cm³/mol. The summed E-state index contributed by atoms with van der Waals surface area (Å²) in [5, 5.41) is 2.64. The fraction of sp³-hybridized carbons (Fsp3) is 0.333. The molecule has 0 aromatic heterocycles. The normalized spacial score (nSPS) is 13.8. The van der Waals surface area contributed by atoms with E-state index in [1.807, 2.05) is 0 Å². The lowest BCUT2D eigenvalue weighted by atomic mass is 10.1. The summed E-state index contributed by atoms with van der Waals surface area (Å²) in [5.74, 6) is 0. The van der Waals surface area contributed by atoms with Crippen LogP contribution in [0.5, 0.6) is 0 Å². The monoisotopic (exact) mass is 207 g/mol. The van der Waals surface area contributed by atoms with Gasteiger partial charge < -0.3 is 5.32 Å². The predicted octanol–water partition coefficient (Wildman–Crippen LogP) is 3.30. The third kappa shape index (κ3) is 2.37. The van der Waals surface area contributed by atoms with Gasteiger partial charge in [0.05, 0.1) is 0 Å². The van der Waals surface area contributed by atoms with Gasteiger partial charge >= 0.3 is 6.18 Å². The van der Waals surface area contributed by atoms with Crippen LogP contribution in [0.2, 0.25) is 0 Å². The third-order valence-corrected chi connectivity index (χ3v) is 1.76. The molecule has 5 heteroatoms. The molecule has 0 spiro atoms. The molecule has 0 saturated heterocycles. The number of benzene rings is 1. The van der Waals surface area contributed by atoms with Crippen molar-refractivity contribution in [2.24, 2.45) is 0 Å². The van der Waals surface area contributed by atoms with Gasteiger partial charge in [-0.3, -0.25) is 0 Å². The Morgan fingerprint density at radius 3 is 2.43 bits per heavy atom. The minimum Gasteiger partial charge on any atom is -0.388 e. The van der Waals surface area contributed by atoms with E-state index >= 15 is 0 Å². The van der Waals surface area contributed by atoms with E-state index in [0.29, 0.717) is 5.69 Å².